The van der Waals surface area contributed by atoms with Crippen molar-refractivity contribution in [3.05, 3.63) is 71.8 Å². The first-order valence-electron chi connectivity index (χ1n) is 12.3. The third-order valence-corrected chi connectivity index (χ3v) is 5.58. The van der Waals surface area contributed by atoms with Crippen molar-refractivity contribution >= 4 is 29.4 Å². The van der Waals surface area contributed by atoms with E-state index in [9.17, 15) is 24.0 Å². The van der Waals surface area contributed by atoms with Gasteiger partial charge in [-0.05, 0) is 44.4 Å². The molecule has 198 valence electrons. The highest BCUT2D eigenvalue weighted by atomic mass is 16.2. The topological polar surface area (TPSA) is 133 Å². The van der Waals surface area contributed by atoms with Crippen molar-refractivity contribution in [2.24, 2.45) is 5.92 Å². The quantitative estimate of drug-likeness (QED) is 0.324. The van der Waals surface area contributed by atoms with Crippen LogP contribution in [0.3, 0.4) is 0 Å². The first kappa shape index (κ1) is 29.2. The van der Waals surface area contributed by atoms with Gasteiger partial charge < -0.3 is 21.3 Å². The maximum Gasteiger partial charge on any atom is 0.289 e. The number of amides is 4. The minimum Gasteiger partial charge on any atom is -0.347 e. The van der Waals surface area contributed by atoms with Crippen LogP contribution in [-0.2, 0) is 25.6 Å². The van der Waals surface area contributed by atoms with Crippen LogP contribution in [0.1, 0.15) is 50.5 Å². The summed E-state index contributed by atoms with van der Waals surface area (Å²) in [4.78, 5) is 63.6. The fraction of sp³-hybridized carbons (Fsp3) is 0.393. The van der Waals surface area contributed by atoms with Crippen molar-refractivity contribution in [3.8, 4) is 0 Å². The number of carbonyl (C=O) groups is 5. The molecular formula is C28H36N4O5. The maximum atomic E-state index is 13.2. The van der Waals surface area contributed by atoms with Gasteiger partial charge in [-0.25, -0.2) is 0 Å². The Morgan fingerprint density at radius 1 is 0.676 bits per heavy atom. The summed E-state index contributed by atoms with van der Waals surface area (Å²) in [5.74, 6) is -3.49. The first-order chi connectivity index (χ1) is 17.5. The molecule has 0 fully saturated rings. The Hall–Kier alpha value is -4.01. The summed E-state index contributed by atoms with van der Waals surface area (Å²) in [7, 11) is 0. The van der Waals surface area contributed by atoms with Gasteiger partial charge in [0.25, 0.3) is 11.8 Å². The Morgan fingerprint density at radius 2 is 1.24 bits per heavy atom. The Morgan fingerprint density at radius 3 is 1.78 bits per heavy atom. The summed E-state index contributed by atoms with van der Waals surface area (Å²) in [6.45, 7) is 8.36. The molecule has 0 aliphatic carbocycles. The number of rotatable bonds is 12. The number of carbonyl (C=O) groups excluding carboxylic acids is 5. The number of ketones is 1. The van der Waals surface area contributed by atoms with Crippen molar-refractivity contribution in [3.63, 3.8) is 0 Å². The van der Waals surface area contributed by atoms with Gasteiger partial charge in [-0.15, -0.1) is 0 Å². The zero-order valence-electron chi connectivity index (χ0n) is 21.9. The van der Waals surface area contributed by atoms with Crippen LogP contribution in [-0.4, -0.2) is 53.6 Å². The zero-order chi connectivity index (χ0) is 27.5. The molecule has 0 unspecified atom stereocenters. The molecule has 0 saturated heterocycles. The molecule has 0 bridgehead atoms. The molecule has 0 aromatic heterocycles. The predicted molar refractivity (Wildman–Crippen MR) is 141 cm³/mol. The van der Waals surface area contributed by atoms with Crippen molar-refractivity contribution in [2.45, 2.75) is 65.2 Å². The van der Waals surface area contributed by atoms with Gasteiger partial charge in [0.1, 0.15) is 12.1 Å². The van der Waals surface area contributed by atoms with Gasteiger partial charge in [0.2, 0.25) is 17.6 Å². The summed E-state index contributed by atoms with van der Waals surface area (Å²) in [5, 5.41) is 10.5. The average Bonchev–Trinajstić information content (AvgIpc) is 2.86. The van der Waals surface area contributed by atoms with Crippen molar-refractivity contribution < 1.29 is 24.0 Å². The standard InChI is InChI=1S/C28H36N4O5/c1-17(2)23(24(33)28(37)29-18(3)4)32-25(34)19(5)30-27(36)22(16-20-12-8-6-9-13-20)31-26(35)21-14-10-7-11-15-21/h6-15,17-19,22-23H,16H2,1-5H3,(H,29,37)(H,30,36)(H,31,35)(H,32,34)/t19-,22-,23-/m0/s1. The summed E-state index contributed by atoms with van der Waals surface area (Å²) in [6, 6.07) is 14.4. The smallest absolute Gasteiger partial charge is 0.289 e. The van der Waals surface area contributed by atoms with Crippen LogP contribution in [0.15, 0.2) is 60.7 Å². The van der Waals surface area contributed by atoms with E-state index in [0.717, 1.165) is 5.56 Å². The van der Waals surface area contributed by atoms with Gasteiger partial charge >= 0.3 is 0 Å². The third kappa shape index (κ3) is 9.18. The number of Topliss-reactive ketones (excluding diaryl/α,β-unsaturated/α-hetero) is 1. The molecule has 2 aromatic carbocycles. The van der Waals surface area contributed by atoms with E-state index in [1.54, 1.807) is 58.0 Å². The molecule has 0 spiro atoms. The summed E-state index contributed by atoms with van der Waals surface area (Å²) >= 11 is 0. The second kappa shape index (κ2) is 13.9. The largest absolute Gasteiger partial charge is 0.347 e. The van der Waals surface area contributed by atoms with E-state index >= 15 is 0 Å². The van der Waals surface area contributed by atoms with E-state index in [0.29, 0.717) is 5.56 Å². The minimum atomic E-state index is -1.05. The van der Waals surface area contributed by atoms with Crippen LogP contribution >= 0.6 is 0 Å². The van der Waals surface area contributed by atoms with E-state index in [2.05, 4.69) is 21.3 Å². The summed E-state index contributed by atoms with van der Waals surface area (Å²) < 4.78 is 0. The molecule has 0 aliphatic rings. The van der Waals surface area contributed by atoms with Crippen LogP contribution in [0, 0.1) is 5.92 Å². The van der Waals surface area contributed by atoms with Gasteiger partial charge in [0.05, 0.1) is 6.04 Å². The predicted octanol–water partition coefficient (Wildman–Crippen LogP) is 1.77. The maximum absolute atomic E-state index is 13.2. The minimum absolute atomic E-state index is 0.210. The number of hydrogen-bond acceptors (Lipinski definition) is 5. The van der Waals surface area contributed by atoms with Crippen molar-refractivity contribution in [1.29, 1.82) is 0 Å². The summed E-state index contributed by atoms with van der Waals surface area (Å²) in [5.41, 5.74) is 1.23. The molecule has 9 heteroatoms. The molecule has 4 amide bonds. The Kier molecular flexibility index (Phi) is 11.0. The molecule has 0 heterocycles. The first-order valence-corrected chi connectivity index (χ1v) is 12.3. The molecule has 0 saturated carbocycles. The van der Waals surface area contributed by atoms with Crippen LogP contribution in [0.4, 0.5) is 0 Å². The zero-order valence-corrected chi connectivity index (χ0v) is 21.9. The van der Waals surface area contributed by atoms with Crippen LogP contribution in [0.25, 0.3) is 0 Å². The van der Waals surface area contributed by atoms with E-state index in [1.165, 1.54) is 6.92 Å². The second-order valence-electron chi connectivity index (χ2n) is 9.53. The SMILES string of the molecule is CC(C)NC(=O)C(=O)[C@@H](NC(=O)[C@H](C)NC(=O)[C@H](Cc1ccccc1)NC(=O)c1ccccc1)C(C)C. The molecule has 9 nitrogen and oxygen atoms in total. The second-order valence-corrected chi connectivity index (χ2v) is 9.53. The van der Waals surface area contributed by atoms with E-state index < -0.39 is 47.5 Å². The lowest BCUT2D eigenvalue weighted by atomic mass is 9.98. The highest BCUT2D eigenvalue weighted by Gasteiger charge is 2.32. The molecule has 37 heavy (non-hydrogen) atoms. The van der Waals surface area contributed by atoms with Crippen LogP contribution in [0.5, 0.6) is 0 Å². The van der Waals surface area contributed by atoms with Gasteiger partial charge in [0, 0.05) is 18.0 Å². The molecule has 2 rings (SSSR count). The molecule has 0 radical (unpaired) electrons. The lowest BCUT2D eigenvalue weighted by Crippen LogP contribution is -2.57. The summed E-state index contributed by atoms with van der Waals surface area (Å²) in [6.07, 6.45) is 0.210. The molecular weight excluding hydrogens is 472 g/mol. The fourth-order valence-electron chi connectivity index (χ4n) is 3.56. The normalized spacial score (nSPS) is 13.3. The lowest BCUT2D eigenvalue weighted by Gasteiger charge is -2.25. The molecule has 0 aliphatic heterocycles. The highest BCUT2D eigenvalue weighted by Crippen LogP contribution is 2.08. The number of benzene rings is 2. The third-order valence-electron chi connectivity index (χ3n) is 5.58. The molecule has 2 aromatic rings. The monoisotopic (exact) mass is 508 g/mol. The number of nitrogens with one attached hydrogen (secondary N) is 4. The van der Waals surface area contributed by atoms with Gasteiger partial charge in [-0.2, -0.15) is 0 Å². The van der Waals surface area contributed by atoms with Crippen molar-refractivity contribution in [2.75, 3.05) is 0 Å². The lowest BCUT2D eigenvalue weighted by molar-refractivity contribution is -0.141. The van der Waals surface area contributed by atoms with Crippen LogP contribution in [0.2, 0.25) is 0 Å². The number of hydrogen-bond donors (Lipinski definition) is 4. The Balaban J connectivity index is 2.12. The van der Waals surface area contributed by atoms with E-state index in [1.807, 2.05) is 30.3 Å². The Bertz CT molecular complexity index is 1090. The van der Waals surface area contributed by atoms with Crippen LogP contribution < -0.4 is 21.3 Å². The molecule has 3 atom stereocenters. The van der Waals surface area contributed by atoms with E-state index in [4.69, 9.17) is 0 Å². The van der Waals surface area contributed by atoms with Gasteiger partial charge in [-0.3, -0.25) is 24.0 Å². The average molecular weight is 509 g/mol. The van der Waals surface area contributed by atoms with Gasteiger partial charge in [-0.1, -0.05) is 62.4 Å². The fourth-order valence-corrected chi connectivity index (χ4v) is 3.56. The molecule has 4 N–H and O–H groups in total. The highest BCUT2D eigenvalue weighted by molar-refractivity contribution is 6.38. The van der Waals surface area contributed by atoms with Gasteiger partial charge in [0.15, 0.2) is 0 Å². The Labute approximate surface area is 217 Å². The van der Waals surface area contributed by atoms with Crippen molar-refractivity contribution in [1.82, 2.24) is 21.3 Å². The van der Waals surface area contributed by atoms with E-state index in [-0.39, 0.29) is 18.4 Å².